The predicted molar refractivity (Wildman–Crippen MR) is 101 cm³/mol. The van der Waals surface area contributed by atoms with Crippen LogP contribution in [0.4, 0.5) is 10.2 Å². The van der Waals surface area contributed by atoms with E-state index < -0.39 is 15.8 Å². The maximum Gasteiger partial charge on any atom is 0.243 e. The van der Waals surface area contributed by atoms with Crippen molar-refractivity contribution in [2.45, 2.75) is 49.5 Å². The molecule has 2 heterocycles. The Bertz CT molecular complexity index is 927. The number of nitrogens with zero attached hydrogens (tertiary/aromatic N) is 3. The fourth-order valence-corrected chi connectivity index (χ4v) is 5.19. The van der Waals surface area contributed by atoms with Crippen LogP contribution in [-0.4, -0.2) is 37.7 Å². The molecule has 8 heteroatoms. The largest absolute Gasteiger partial charge is 0.355 e. The first-order valence-electron chi connectivity index (χ1n) is 9.40. The van der Waals surface area contributed by atoms with Gasteiger partial charge in [-0.25, -0.2) is 17.5 Å². The Balaban J connectivity index is 1.40. The Labute approximate surface area is 158 Å². The van der Waals surface area contributed by atoms with Crippen molar-refractivity contribution in [3.05, 3.63) is 47.4 Å². The van der Waals surface area contributed by atoms with Gasteiger partial charge in [-0.3, -0.25) is 0 Å². The summed E-state index contributed by atoms with van der Waals surface area (Å²) in [5.74, 6) is 0.137. The van der Waals surface area contributed by atoms with Gasteiger partial charge in [0.1, 0.15) is 10.7 Å². The number of aromatic nitrogens is 2. The summed E-state index contributed by atoms with van der Waals surface area (Å²) in [6.07, 6.45) is 5.71. The SMILES string of the molecule is O=S(=O)(NC1CCN(c2cc3c(nn2)CCCC3)CC1)c1ccccc1F. The van der Waals surface area contributed by atoms with E-state index in [2.05, 4.69) is 25.9 Å². The van der Waals surface area contributed by atoms with E-state index in [0.29, 0.717) is 25.9 Å². The molecule has 0 amide bonds. The number of rotatable bonds is 4. The first-order valence-corrected chi connectivity index (χ1v) is 10.9. The first kappa shape index (κ1) is 18.3. The van der Waals surface area contributed by atoms with E-state index in [4.69, 9.17) is 0 Å². The highest BCUT2D eigenvalue weighted by molar-refractivity contribution is 7.89. The molecule has 27 heavy (non-hydrogen) atoms. The number of nitrogens with one attached hydrogen (secondary N) is 1. The minimum atomic E-state index is -3.86. The van der Waals surface area contributed by atoms with Crippen molar-refractivity contribution in [1.29, 1.82) is 0 Å². The lowest BCUT2D eigenvalue weighted by Gasteiger charge is -2.33. The van der Waals surface area contributed by atoms with Gasteiger partial charge in [0, 0.05) is 19.1 Å². The molecule has 0 saturated carbocycles. The van der Waals surface area contributed by atoms with Crippen LogP contribution in [0.25, 0.3) is 0 Å². The smallest absolute Gasteiger partial charge is 0.243 e. The Morgan fingerprint density at radius 3 is 2.59 bits per heavy atom. The molecule has 2 aliphatic rings. The zero-order valence-electron chi connectivity index (χ0n) is 15.1. The van der Waals surface area contributed by atoms with Gasteiger partial charge in [-0.1, -0.05) is 12.1 Å². The van der Waals surface area contributed by atoms with Gasteiger partial charge < -0.3 is 4.90 Å². The Kier molecular flexibility index (Phi) is 5.10. The molecular weight excluding hydrogens is 367 g/mol. The summed E-state index contributed by atoms with van der Waals surface area (Å²) in [6.45, 7) is 1.38. The highest BCUT2D eigenvalue weighted by atomic mass is 32.2. The molecule has 2 aromatic rings. The minimum Gasteiger partial charge on any atom is -0.355 e. The van der Waals surface area contributed by atoms with Crippen LogP contribution < -0.4 is 9.62 Å². The average molecular weight is 390 g/mol. The van der Waals surface area contributed by atoms with Crippen molar-refractivity contribution >= 4 is 15.8 Å². The monoisotopic (exact) mass is 390 g/mol. The number of hydrogen-bond donors (Lipinski definition) is 1. The van der Waals surface area contributed by atoms with Crippen LogP contribution in [0.15, 0.2) is 35.2 Å². The van der Waals surface area contributed by atoms with Crippen molar-refractivity contribution < 1.29 is 12.8 Å². The van der Waals surface area contributed by atoms with Crippen molar-refractivity contribution in [3.63, 3.8) is 0 Å². The third-order valence-electron chi connectivity index (χ3n) is 5.32. The number of fused-ring (bicyclic) bond motifs is 1. The number of sulfonamides is 1. The van der Waals surface area contributed by atoms with Crippen LogP contribution in [0.2, 0.25) is 0 Å². The summed E-state index contributed by atoms with van der Waals surface area (Å²) in [4.78, 5) is 1.85. The molecule has 0 unspecified atom stereocenters. The third kappa shape index (κ3) is 3.96. The van der Waals surface area contributed by atoms with Crippen molar-refractivity contribution in [3.8, 4) is 0 Å². The van der Waals surface area contributed by atoms with Gasteiger partial charge in [-0.2, -0.15) is 5.10 Å². The average Bonchev–Trinajstić information content (AvgIpc) is 2.68. The van der Waals surface area contributed by atoms with Gasteiger partial charge >= 0.3 is 0 Å². The summed E-state index contributed by atoms with van der Waals surface area (Å²) in [5.41, 5.74) is 2.39. The second-order valence-electron chi connectivity index (χ2n) is 7.19. The summed E-state index contributed by atoms with van der Waals surface area (Å²) in [5, 5.41) is 8.74. The van der Waals surface area contributed by atoms with Crippen LogP contribution in [-0.2, 0) is 22.9 Å². The van der Waals surface area contributed by atoms with E-state index in [-0.39, 0.29) is 10.9 Å². The fourth-order valence-electron chi connectivity index (χ4n) is 3.81. The quantitative estimate of drug-likeness (QED) is 0.868. The number of anilines is 1. The Hall–Kier alpha value is -2.06. The van der Waals surface area contributed by atoms with Gasteiger partial charge in [0.2, 0.25) is 10.0 Å². The summed E-state index contributed by atoms with van der Waals surface area (Å²) >= 11 is 0. The highest BCUT2D eigenvalue weighted by Crippen LogP contribution is 2.25. The molecular formula is C19H23FN4O2S. The van der Waals surface area contributed by atoms with E-state index in [1.165, 1.54) is 36.6 Å². The van der Waals surface area contributed by atoms with Gasteiger partial charge in [-0.05, 0) is 62.3 Å². The van der Waals surface area contributed by atoms with E-state index >= 15 is 0 Å². The van der Waals surface area contributed by atoms with E-state index in [9.17, 15) is 12.8 Å². The van der Waals surface area contributed by atoms with Crippen molar-refractivity contribution in [2.75, 3.05) is 18.0 Å². The van der Waals surface area contributed by atoms with Crippen LogP contribution in [0.5, 0.6) is 0 Å². The molecule has 0 spiro atoms. The molecule has 0 radical (unpaired) electrons. The van der Waals surface area contributed by atoms with E-state index in [1.54, 1.807) is 0 Å². The van der Waals surface area contributed by atoms with Crippen molar-refractivity contribution in [1.82, 2.24) is 14.9 Å². The first-order chi connectivity index (χ1) is 13.0. The molecule has 1 aliphatic heterocycles. The zero-order valence-corrected chi connectivity index (χ0v) is 15.9. The molecule has 0 atom stereocenters. The van der Waals surface area contributed by atoms with E-state index in [1.807, 2.05) is 0 Å². The topological polar surface area (TPSA) is 75.2 Å². The number of halogens is 1. The molecule has 1 aromatic heterocycles. The lowest BCUT2D eigenvalue weighted by atomic mass is 9.96. The molecule has 0 bridgehead atoms. The molecule has 1 fully saturated rings. The van der Waals surface area contributed by atoms with Crippen LogP contribution >= 0.6 is 0 Å². The molecule has 144 valence electrons. The molecule has 1 saturated heterocycles. The van der Waals surface area contributed by atoms with Gasteiger partial charge in [0.25, 0.3) is 0 Å². The standard InChI is InChI=1S/C19H23FN4O2S/c20-16-6-2-4-8-18(16)27(25,26)23-15-9-11-24(12-10-15)19-13-14-5-1-3-7-17(14)21-22-19/h2,4,6,8,13,15,23H,1,3,5,7,9-12H2. The van der Waals surface area contributed by atoms with E-state index in [0.717, 1.165) is 30.4 Å². The second-order valence-corrected chi connectivity index (χ2v) is 8.88. The highest BCUT2D eigenvalue weighted by Gasteiger charge is 2.27. The minimum absolute atomic E-state index is 0.212. The molecule has 1 N–H and O–H groups in total. The normalized spacial score (nSPS) is 18.3. The van der Waals surface area contributed by atoms with Crippen LogP contribution in [0, 0.1) is 5.82 Å². The molecule has 1 aliphatic carbocycles. The zero-order chi connectivity index (χ0) is 18.9. The van der Waals surface area contributed by atoms with Crippen LogP contribution in [0.1, 0.15) is 36.9 Å². The van der Waals surface area contributed by atoms with Crippen molar-refractivity contribution in [2.24, 2.45) is 0 Å². The number of benzene rings is 1. The number of aryl methyl sites for hydroxylation is 2. The van der Waals surface area contributed by atoms with Gasteiger partial charge in [-0.15, -0.1) is 5.10 Å². The van der Waals surface area contributed by atoms with Crippen LogP contribution in [0.3, 0.4) is 0 Å². The number of hydrogen-bond acceptors (Lipinski definition) is 5. The molecule has 1 aromatic carbocycles. The summed E-state index contributed by atoms with van der Waals surface area (Å²) in [7, 11) is -3.86. The lowest BCUT2D eigenvalue weighted by molar-refractivity contribution is 0.455. The fraction of sp³-hybridized carbons (Fsp3) is 0.474. The predicted octanol–water partition coefficient (Wildman–Crippen LogP) is 2.44. The second kappa shape index (κ2) is 7.52. The maximum atomic E-state index is 13.8. The lowest BCUT2D eigenvalue weighted by Crippen LogP contribution is -2.45. The summed E-state index contributed by atoms with van der Waals surface area (Å²) in [6, 6.07) is 7.37. The van der Waals surface area contributed by atoms with Gasteiger partial charge in [0.15, 0.2) is 5.82 Å². The van der Waals surface area contributed by atoms with Gasteiger partial charge in [0.05, 0.1) is 5.69 Å². The molecule has 6 nitrogen and oxygen atoms in total. The Morgan fingerprint density at radius 1 is 1.07 bits per heavy atom. The number of piperidine rings is 1. The Morgan fingerprint density at radius 2 is 1.81 bits per heavy atom. The maximum absolute atomic E-state index is 13.8. The summed E-state index contributed by atoms with van der Waals surface area (Å²) < 4.78 is 41.4. The molecule has 4 rings (SSSR count). The third-order valence-corrected chi connectivity index (χ3v) is 6.88.